The zero-order chi connectivity index (χ0) is 15.6. The molecule has 1 amide bonds. The first kappa shape index (κ1) is 15.8. The third kappa shape index (κ3) is 3.00. The van der Waals surface area contributed by atoms with E-state index in [-0.39, 0.29) is 17.9 Å². The molecule has 4 nitrogen and oxygen atoms in total. The Labute approximate surface area is 133 Å². The topological polar surface area (TPSA) is 38.1 Å². The van der Waals surface area contributed by atoms with Gasteiger partial charge in [0.15, 0.2) is 0 Å². The summed E-state index contributed by atoms with van der Waals surface area (Å²) in [5.74, 6) is 1.93. The molecule has 2 aliphatic rings. The number of hydrogen-bond acceptors (Lipinski definition) is 3. The summed E-state index contributed by atoms with van der Waals surface area (Å²) in [6.45, 7) is 0.703. The van der Waals surface area contributed by atoms with Crippen molar-refractivity contribution in [2.24, 2.45) is 0 Å². The van der Waals surface area contributed by atoms with Crippen LogP contribution in [0.4, 0.5) is 8.78 Å². The van der Waals surface area contributed by atoms with Crippen molar-refractivity contribution in [1.29, 1.82) is 0 Å². The van der Waals surface area contributed by atoms with Crippen molar-refractivity contribution in [3.8, 4) is 0 Å². The van der Waals surface area contributed by atoms with E-state index in [2.05, 4.69) is 5.10 Å². The van der Waals surface area contributed by atoms with Crippen molar-refractivity contribution < 1.29 is 13.6 Å². The fraction of sp³-hybridized carbons (Fsp3) is 0.733. The van der Waals surface area contributed by atoms with Crippen LogP contribution in [0.3, 0.4) is 0 Å². The number of carbonyl (C=O) groups is 1. The van der Waals surface area contributed by atoms with Crippen LogP contribution in [-0.2, 0) is 4.79 Å². The normalized spacial score (nSPS) is 26.8. The minimum Gasteiger partial charge on any atom is -0.336 e. The lowest BCUT2D eigenvalue weighted by atomic mass is 9.92. The number of halogens is 2. The van der Waals surface area contributed by atoms with Crippen molar-refractivity contribution in [2.45, 2.75) is 50.1 Å². The minimum absolute atomic E-state index is 0.0865. The highest BCUT2D eigenvalue weighted by atomic mass is 32.2. The molecule has 1 spiro atoms. The number of rotatable bonds is 4. The molecule has 3 heterocycles. The molecule has 1 aromatic heterocycles. The van der Waals surface area contributed by atoms with Gasteiger partial charge in [0.2, 0.25) is 5.91 Å². The molecule has 0 bridgehead atoms. The first-order valence-corrected chi connectivity index (χ1v) is 8.93. The van der Waals surface area contributed by atoms with Crippen molar-refractivity contribution in [2.75, 3.05) is 18.1 Å². The molecule has 2 saturated heterocycles. The zero-order valence-corrected chi connectivity index (χ0v) is 13.3. The fourth-order valence-electron chi connectivity index (χ4n) is 3.64. The smallest absolute Gasteiger partial charge is 0.261 e. The molecule has 2 unspecified atom stereocenters. The summed E-state index contributed by atoms with van der Waals surface area (Å²) >= 11 is 1.88. The van der Waals surface area contributed by atoms with Crippen LogP contribution >= 0.6 is 11.8 Å². The highest BCUT2D eigenvalue weighted by molar-refractivity contribution is 7.99. The van der Waals surface area contributed by atoms with Crippen LogP contribution in [0.2, 0.25) is 0 Å². The Morgan fingerprint density at radius 3 is 2.82 bits per heavy atom. The third-order valence-electron chi connectivity index (χ3n) is 4.74. The van der Waals surface area contributed by atoms with E-state index in [1.165, 1.54) is 17.1 Å². The summed E-state index contributed by atoms with van der Waals surface area (Å²) in [6.07, 6.45) is 4.29. The molecule has 0 radical (unpaired) electrons. The van der Waals surface area contributed by atoms with Gasteiger partial charge in [-0.1, -0.05) is 0 Å². The molecule has 2 atom stereocenters. The minimum atomic E-state index is -2.59. The fourth-order valence-corrected chi connectivity index (χ4v) is 4.96. The van der Waals surface area contributed by atoms with Crippen molar-refractivity contribution >= 4 is 17.7 Å². The average molecular weight is 329 g/mol. The van der Waals surface area contributed by atoms with Crippen LogP contribution in [0.1, 0.15) is 38.1 Å². The highest BCUT2D eigenvalue weighted by Crippen LogP contribution is 2.41. The van der Waals surface area contributed by atoms with Gasteiger partial charge in [0, 0.05) is 24.7 Å². The first-order chi connectivity index (χ1) is 10.6. The van der Waals surface area contributed by atoms with E-state index in [1.807, 2.05) is 16.7 Å². The third-order valence-corrected chi connectivity index (χ3v) is 6.06. The number of aromatic nitrogens is 2. The van der Waals surface area contributed by atoms with E-state index in [1.54, 1.807) is 6.07 Å². The van der Waals surface area contributed by atoms with E-state index in [0.717, 1.165) is 37.2 Å². The number of hydrogen-bond donors (Lipinski definition) is 0. The van der Waals surface area contributed by atoms with E-state index in [4.69, 9.17) is 0 Å². The van der Waals surface area contributed by atoms with Crippen molar-refractivity contribution in [3.63, 3.8) is 0 Å². The quantitative estimate of drug-likeness (QED) is 0.852. The summed E-state index contributed by atoms with van der Waals surface area (Å²) in [5, 5.41) is 3.88. The second-order valence-electron chi connectivity index (χ2n) is 6.12. The Morgan fingerprint density at radius 1 is 1.36 bits per heavy atom. The van der Waals surface area contributed by atoms with Gasteiger partial charge < -0.3 is 4.90 Å². The Hall–Kier alpha value is -1.11. The first-order valence-electron chi connectivity index (χ1n) is 7.78. The van der Waals surface area contributed by atoms with E-state index in [0.29, 0.717) is 6.54 Å². The SMILES string of the molecule is O=C(CC(C(F)F)n1cccn1)N1CCCC12CCCSC2. The molecule has 0 aliphatic carbocycles. The molecule has 2 fully saturated rings. The van der Waals surface area contributed by atoms with E-state index in [9.17, 15) is 13.6 Å². The van der Waals surface area contributed by atoms with Gasteiger partial charge in [-0.3, -0.25) is 9.48 Å². The maximum absolute atomic E-state index is 13.3. The van der Waals surface area contributed by atoms with Gasteiger partial charge in [-0.05, 0) is 37.5 Å². The number of thioether (sulfide) groups is 1. The molecular weight excluding hydrogens is 308 g/mol. The number of alkyl halides is 2. The number of amides is 1. The van der Waals surface area contributed by atoms with Gasteiger partial charge in [0.1, 0.15) is 6.04 Å². The van der Waals surface area contributed by atoms with Gasteiger partial charge in [-0.25, -0.2) is 8.78 Å². The van der Waals surface area contributed by atoms with Crippen LogP contribution in [0, 0.1) is 0 Å². The standard InChI is InChI=1S/C15H21F2N3OS/c16-14(17)12(20-8-3-6-18-20)10-13(21)19-7-1-4-15(19)5-2-9-22-11-15/h3,6,8,12,14H,1-2,4-5,7,9-11H2. The molecule has 0 aromatic carbocycles. The summed E-state index contributed by atoms with van der Waals surface area (Å²) in [6, 6.07) is 0.436. The molecular formula is C15H21F2N3OS. The second kappa shape index (κ2) is 6.56. The van der Waals surface area contributed by atoms with Gasteiger partial charge >= 0.3 is 0 Å². The molecule has 22 heavy (non-hydrogen) atoms. The van der Waals surface area contributed by atoms with Gasteiger partial charge in [0.05, 0.1) is 12.0 Å². The predicted octanol–water partition coefficient (Wildman–Crippen LogP) is 2.97. The van der Waals surface area contributed by atoms with Gasteiger partial charge in [0.25, 0.3) is 6.43 Å². The Balaban J connectivity index is 1.72. The van der Waals surface area contributed by atoms with Crippen molar-refractivity contribution in [1.82, 2.24) is 14.7 Å². The predicted molar refractivity (Wildman–Crippen MR) is 82.1 cm³/mol. The lowest BCUT2D eigenvalue weighted by molar-refractivity contribution is -0.137. The summed E-state index contributed by atoms with van der Waals surface area (Å²) < 4.78 is 27.8. The number of nitrogens with zero attached hydrogens (tertiary/aromatic N) is 3. The summed E-state index contributed by atoms with van der Waals surface area (Å²) in [5.41, 5.74) is -0.0865. The lowest BCUT2D eigenvalue weighted by Gasteiger charge is -2.41. The number of likely N-dealkylation sites (tertiary alicyclic amines) is 1. The van der Waals surface area contributed by atoms with Crippen LogP contribution in [0.5, 0.6) is 0 Å². The number of carbonyl (C=O) groups excluding carboxylic acids is 1. The van der Waals surface area contributed by atoms with Gasteiger partial charge in [-0.2, -0.15) is 16.9 Å². The van der Waals surface area contributed by atoms with Crippen LogP contribution in [-0.4, -0.2) is 50.6 Å². The average Bonchev–Trinajstić information content (AvgIpc) is 3.15. The van der Waals surface area contributed by atoms with Crippen LogP contribution < -0.4 is 0 Å². The van der Waals surface area contributed by atoms with Crippen molar-refractivity contribution in [3.05, 3.63) is 18.5 Å². The molecule has 1 aromatic rings. The van der Waals surface area contributed by atoms with Crippen LogP contribution in [0.25, 0.3) is 0 Å². The molecule has 0 saturated carbocycles. The Kier molecular flexibility index (Phi) is 4.70. The monoisotopic (exact) mass is 329 g/mol. The van der Waals surface area contributed by atoms with E-state index >= 15 is 0 Å². The van der Waals surface area contributed by atoms with E-state index < -0.39 is 12.5 Å². The zero-order valence-electron chi connectivity index (χ0n) is 12.5. The molecule has 7 heteroatoms. The molecule has 3 rings (SSSR count). The molecule has 2 aliphatic heterocycles. The second-order valence-corrected chi connectivity index (χ2v) is 7.23. The molecule has 0 N–H and O–H groups in total. The largest absolute Gasteiger partial charge is 0.336 e. The Morgan fingerprint density at radius 2 is 2.18 bits per heavy atom. The Bertz CT molecular complexity index is 503. The highest BCUT2D eigenvalue weighted by Gasteiger charge is 2.45. The molecule has 122 valence electrons. The lowest BCUT2D eigenvalue weighted by Crippen LogP contribution is -2.51. The summed E-state index contributed by atoms with van der Waals surface area (Å²) in [7, 11) is 0. The van der Waals surface area contributed by atoms with Crippen LogP contribution in [0.15, 0.2) is 18.5 Å². The maximum Gasteiger partial charge on any atom is 0.261 e. The summed E-state index contributed by atoms with van der Waals surface area (Å²) in [4.78, 5) is 14.6. The van der Waals surface area contributed by atoms with Gasteiger partial charge in [-0.15, -0.1) is 0 Å². The maximum atomic E-state index is 13.3.